The summed E-state index contributed by atoms with van der Waals surface area (Å²) in [5, 5.41) is 3.41. The van der Waals surface area contributed by atoms with E-state index >= 15 is 0 Å². The minimum atomic E-state index is 0.191. The Labute approximate surface area is 146 Å². The average Bonchev–Trinajstić information content (AvgIpc) is 3.03. The summed E-state index contributed by atoms with van der Waals surface area (Å²) in [7, 11) is 0. The van der Waals surface area contributed by atoms with Gasteiger partial charge in [-0.1, -0.05) is 19.3 Å². The third-order valence-electron chi connectivity index (χ3n) is 6.06. The first-order valence-electron chi connectivity index (χ1n) is 10.0. The van der Waals surface area contributed by atoms with Crippen LogP contribution in [-0.2, 0) is 4.79 Å². The first kappa shape index (κ1) is 17.6. The zero-order chi connectivity index (χ0) is 16.8. The molecule has 0 atom stereocenters. The second-order valence-electron chi connectivity index (χ2n) is 7.84. The van der Waals surface area contributed by atoms with Crippen molar-refractivity contribution in [1.82, 2.24) is 15.1 Å². The molecule has 1 amide bonds. The highest BCUT2D eigenvalue weighted by Gasteiger charge is 2.39. The maximum atomic E-state index is 12.4. The second kappa shape index (κ2) is 8.21. The van der Waals surface area contributed by atoms with Crippen molar-refractivity contribution in [3.8, 4) is 0 Å². The summed E-state index contributed by atoms with van der Waals surface area (Å²) < 4.78 is 0. The van der Waals surface area contributed by atoms with Crippen LogP contribution in [0.1, 0.15) is 64.7 Å². The van der Waals surface area contributed by atoms with Crippen LogP contribution < -0.4 is 5.32 Å². The van der Waals surface area contributed by atoms with Crippen molar-refractivity contribution in [3.05, 3.63) is 0 Å². The van der Waals surface area contributed by atoms with Gasteiger partial charge in [-0.25, -0.2) is 4.99 Å². The number of hydrogen-bond donors (Lipinski definition) is 1. The Morgan fingerprint density at radius 2 is 1.67 bits per heavy atom. The number of nitrogens with zero attached hydrogens (tertiary/aromatic N) is 3. The molecule has 2 saturated heterocycles. The van der Waals surface area contributed by atoms with Crippen LogP contribution in [0.15, 0.2) is 4.99 Å². The number of likely N-dealkylation sites (tertiary alicyclic amines) is 2. The molecule has 0 aromatic rings. The number of carbonyl (C=O) groups excluding carboxylic acids is 1. The zero-order valence-corrected chi connectivity index (χ0v) is 15.4. The molecule has 5 nitrogen and oxygen atoms in total. The number of rotatable bonds is 3. The summed E-state index contributed by atoms with van der Waals surface area (Å²) in [6, 6.07) is 0. The monoisotopic (exact) mass is 334 g/mol. The summed E-state index contributed by atoms with van der Waals surface area (Å²) in [6.07, 6.45) is 11.7. The van der Waals surface area contributed by atoms with E-state index in [1.807, 2.05) is 4.90 Å². The number of aliphatic imine (C=N–C) groups is 1. The number of hydrogen-bond acceptors (Lipinski definition) is 2. The molecule has 3 aliphatic rings. The zero-order valence-electron chi connectivity index (χ0n) is 15.4. The van der Waals surface area contributed by atoms with Crippen molar-refractivity contribution in [2.75, 3.05) is 39.3 Å². The van der Waals surface area contributed by atoms with Crippen molar-refractivity contribution in [3.63, 3.8) is 0 Å². The molecule has 0 aromatic carbocycles. The van der Waals surface area contributed by atoms with Crippen molar-refractivity contribution < 1.29 is 4.79 Å². The molecule has 0 aromatic heterocycles. The molecule has 2 aliphatic heterocycles. The quantitative estimate of drug-likeness (QED) is 0.637. The molecule has 5 heteroatoms. The van der Waals surface area contributed by atoms with E-state index in [0.717, 1.165) is 51.5 Å². The molecule has 0 bridgehead atoms. The molecule has 1 N–H and O–H groups in total. The summed E-state index contributed by atoms with van der Waals surface area (Å²) in [5.74, 6) is 1.14. The van der Waals surface area contributed by atoms with Gasteiger partial charge in [0.2, 0.25) is 5.91 Å². The number of carbonyl (C=O) groups is 1. The fraction of sp³-hybridized carbons (Fsp3) is 0.895. The van der Waals surface area contributed by atoms with Crippen LogP contribution in [0.2, 0.25) is 0 Å². The van der Waals surface area contributed by atoms with Gasteiger partial charge in [0.1, 0.15) is 6.54 Å². The summed E-state index contributed by atoms with van der Waals surface area (Å²) >= 11 is 0. The Morgan fingerprint density at radius 1 is 0.958 bits per heavy atom. The van der Waals surface area contributed by atoms with E-state index in [1.165, 1.54) is 44.9 Å². The largest absolute Gasteiger partial charge is 0.357 e. The predicted octanol–water partition coefficient (Wildman–Crippen LogP) is 2.62. The lowest BCUT2D eigenvalue weighted by Gasteiger charge is -2.33. The molecule has 2 heterocycles. The van der Waals surface area contributed by atoms with Crippen molar-refractivity contribution >= 4 is 11.9 Å². The van der Waals surface area contributed by atoms with Gasteiger partial charge in [0.05, 0.1) is 0 Å². The first-order chi connectivity index (χ1) is 11.7. The van der Waals surface area contributed by atoms with Gasteiger partial charge in [-0.05, 0) is 50.9 Å². The van der Waals surface area contributed by atoms with Gasteiger partial charge in [0.15, 0.2) is 5.96 Å². The van der Waals surface area contributed by atoms with E-state index in [9.17, 15) is 4.79 Å². The van der Waals surface area contributed by atoms with Crippen LogP contribution in [0, 0.1) is 5.41 Å². The highest BCUT2D eigenvalue weighted by molar-refractivity contribution is 5.85. The molecule has 24 heavy (non-hydrogen) atoms. The van der Waals surface area contributed by atoms with Crippen LogP contribution in [0.4, 0.5) is 0 Å². The minimum Gasteiger partial charge on any atom is -0.357 e. The maximum Gasteiger partial charge on any atom is 0.244 e. The van der Waals surface area contributed by atoms with Gasteiger partial charge in [-0.3, -0.25) is 4.79 Å². The van der Waals surface area contributed by atoms with Gasteiger partial charge < -0.3 is 15.1 Å². The van der Waals surface area contributed by atoms with Crippen LogP contribution in [-0.4, -0.2) is 60.9 Å². The number of piperidine rings is 1. The summed E-state index contributed by atoms with van der Waals surface area (Å²) in [6.45, 7) is 7.30. The molecule has 1 saturated carbocycles. The third-order valence-corrected chi connectivity index (χ3v) is 6.06. The number of nitrogens with one attached hydrogen (secondary N) is 1. The second-order valence-corrected chi connectivity index (χ2v) is 7.84. The Bertz CT molecular complexity index is 450. The standard InChI is InChI=1S/C19H34N4O/c1-2-20-18(21-15-17(24)22-12-7-4-8-13-22)23-14-11-19(16-23)9-5-3-6-10-19/h2-16H2,1H3,(H,20,21). The van der Waals surface area contributed by atoms with E-state index in [4.69, 9.17) is 0 Å². The fourth-order valence-corrected chi connectivity index (χ4v) is 4.64. The van der Waals surface area contributed by atoms with Gasteiger partial charge >= 0.3 is 0 Å². The Morgan fingerprint density at radius 3 is 2.38 bits per heavy atom. The van der Waals surface area contributed by atoms with Crippen LogP contribution in [0.25, 0.3) is 0 Å². The van der Waals surface area contributed by atoms with E-state index < -0.39 is 0 Å². The van der Waals surface area contributed by atoms with Gasteiger partial charge in [0.25, 0.3) is 0 Å². The lowest BCUT2D eigenvalue weighted by molar-refractivity contribution is -0.130. The van der Waals surface area contributed by atoms with Crippen LogP contribution >= 0.6 is 0 Å². The fourth-order valence-electron chi connectivity index (χ4n) is 4.64. The molecule has 3 rings (SSSR count). The Kier molecular flexibility index (Phi) is 6.01. The summed E-state index contributed by atoms with van der Waals surface area (Å²) in [5.41, 5.74) is 0.519. The SMILES string of the molecule is CCNC(=NCC(=O)N1CCCCC1)N1CCC2(CCCCC2)C1. The number of amides is 1. The highest BCUT2D eigenvalue weighted by atomic mass is 16.2. The van der Waals surface area contributed by atoms with E-state index in [-0.39, 0.29) is 5.91 Å². The molecular formula is C19H34N4O. The Balaban J connectivity index is 1.58. The average molecular weight is 335 g/mol. The normalized spacial score (nSPS) is 24.5. The van der Waals surface area contributed by atoms with Crippen molar-refractivity contribution in [2.24, 2.45) is 10.4 Å². The molecule has 1 spiro atoms. The number of guanidine groups is 1. The smallest absolute Gasteiger partial charge is 0.244 e. The third kappa shape index (κ3) is 4.22. The predicted molar refractivity (Wildman–Crippen MR) is 98.1 cm³/mol. The lowest BCUT2D eigenvalue weighted by Crippen LogP contribution is -2.43. The van der Waals surface area contributed by atoms with Crippen molar-refractivity contribution in [2.45, 2.75) is 64.7 Å². The van der Waals surface area contributed by atoms with E-state index in [0.29, 0.717) is 12.0 Å². The lowest BCUT2D eigenvalue weighted by atomic mass is 9.73. The highest BCUT2D eigenvalue weighted by Crippen LogP contribution is 2.43. The van der Waals surface area contributed by atoms with Gasteiger partial charge in [0, 0.05) is 32.7 Å². The maximum absolute atomic E-state index is 12.4. The van der Waals surface area contributed by atoms with Crippen LogP contribution in [0.3, 0.4) is 0 Å². The molecular weight excluding hydrogens is 300 g/mol. The molecule has 0 unspecified atom stereocenters. The van der Waals surface area contributed by atoms with Crippen molar-refractivity contribution in [1.29, 1.82) is 0 Å². The molecule has 3 fully saturated rings. The molecule has 0 radical (unpaired) electrons. The Hall–Kier alpha value is -1.26. The van der Waals surface area contributed by atoms with E-state index in [2.05, 4.69) is 22.1 Å². The van der Waals surface area contributed by atoms with Gasteiger partial charge in [-0.15, -0.1) is 0 Å². The molecule has 1 aliphatic carbocycles. The van der Waals surface area contributed by atoms with Gasteiger partial charge in [-0.2, -0.15) is 0 Å². The topological polar surface area (TPSA) is 47.9 Å². The van der Waals surface area contributed by atoms with E-state index in [1.54, 1.807) is 0 Å². The molecule has 136 valence electrons. The minimum absolute atomic E-state index is 0.191. The first-order valence-corrected chi connectivity index (χ1v) is 10.0. The summed E-state index contributed by atoms with van der Waals surface area (Å²) in [4.78, 5) is 21.5. The van der Waals surface area contributed by atoms with Crippen LogP contribution in [0.5, 0.6) is 0 Å².